The Kier molecular flexibility index (Phi) is 5.35. The van der Waals surface area contributed by atoms with Crippen LogP contribution in [0.1, 0.15) is 47.6 Å². The minimum atomic E-state index is -2.73. The van der Waals surface area contributed by atoms with E-state index >= 15 is 0 Å². The van der Waals surface area contributed by atoms with Gasteiger partial charge in [-0.25, -0.2) is 23.3 Å². The molecule has 10 heteroatoms. The SMILES string of the molecule is COc1cc(C(=O)N2CC[C@@H](C)[C@H](c3cc(C(F)F)nc4ncnn34)C2)nc2ccccc12. The Balaban J connectivity index is 1.50. The molecule has 0 aliphatic carbocycles. The number of halogens is 2. The van der Waals surface area contributed by atoms with E-state index in [4.69, 9.17) is 4.74 Å². The van der Waals surface area contributed by atoms with Gasteiger partial charge in [-0.05, 0) is 30.5 Å². The van der Waals surface area contributed by atoms with E-state index in [9.17, 15) is 13.6 Å². The number of amides is 1. The van der Waals surface area contributed by atoms with Crippen molar-refractivity contribution in [1.82, 2.24) is 29.5 Å². The van der Waals surface area contributed by atoms with Crippen LogP contribution in [0.5, 0.6) is 5.75 Å². The van der Waals surface area contributed by atoms with Crippen molar-refractivity contribution in [2.45, 2.75) is 25.7 Å². The molecule has 0 radical (unpaired) electrons. The number of hydrogen-bond acceptors (Lipinski definition) is 6. The molecule has 1 fully saturated rings. The van der Waals surface area contributed by atoms with Crippen LogP contribution >= 0.6 is 0 Å². The first-order valence-electron chi connectivity index (χ1n) is 10.7. The maximum absolute atomic E-state index is 13.5. The van der Waals surface area contributed by atoms with Crippen molar-refractivity contribution in [1.29, 1.82) is 0 Å². The van der Waals surface area contributed by atoms with Crippen LogP contribution in [-0.4, -0.2) is 55.6 Å². The third-order valence-corrected chi connectivity index (χ3v) is 6.27. The van der Waals surface area contributed by atoms with Crippen LogP contribution in [0.25, 0.3) is 16.7 Å². The fourth-order valence-corrected chi connectivity index (χ4v) is 4.45. The second kappa shape index (κ2) is 8.34. The third-order valence-electron chi connectivity index (χ3n) is 6.27. The molecule has 0 saturated carbocycles. The van der Waals surface area contributed by atoms with Gasteiger partial charge in [0.2, 0.25) is 0 Å². The molecule has 1 aliphatic rings. The molecule has 4 aromatic rings. The molecule has 1 aromatic carbocycles. The molecule has 3 aromatic heterocycles. The number of para-hydroxylation sites is 1. The summed E-state index contributed by atoms with van der Waals surface area (Å²) >= 11 is 0. The standard InChI is InChI=1S/C23H22F2N6O2/c1-13-7-8-30(22(32)18-10-20(33-2)14-5-3-4-6-16(14)28-18)11-15(13)19-9-17(21(24)25)29-23-26-12-27-31(19)23/h3-6,9-10,12-13,15,21H,7-8,11H2,1-2H3/t13-,15-/m1/s1. The normalized spacial score (nSPS) is 18.9. The van der Waals surface area contributed by atoms with E-state index in [0.717, 1.165) is 5.39 Å². The number of nitrogens with zero attached hydrogens (tertiary/aromatic N) is 6. The monoisotopic (exact) mass is 452 g/mol. The summed E-state index contributed by atoms with van der Waals surface area (Å²) in [6, 6.07) is 10.5. The highest BCUT2D eigenvalue weighted by molar-refractivity contribution is 5.97. The molecule has 8 nitrogen and oxygen atoms in total. The van der Waals surface area contributed by atoms with Gasteiger partial charge >= 0.3 is 0 Å². The lowest BCUT2D eigenvalue weighted by atomic mass is 9.84. The fraction of sp³-hybridized carbons (Fsp3) is 0.348. The van der Waals surface area contributed by atoms with E-state index in [2.05, 4.69) is 27.0 Å². The maximum Gasteiger partial charge on any atom is 0.280 e. The average molecular weight is 452 g/mol. The summed E-state index contributed by atoms with van der Waals surface area (Å²) in [6.07, 6.45) is -0.719. The summed E-state index contributed by atoms with van der Waals surface area (Å²) in [5.74, 6) is 0.405. The van der Waals surface area contributed by atoms with Crippen LogP contribution in [0, 0.1) is 5.92 Å². The maximum atomic E-state index is 13.5. The quantitative estimate of drug-likeness (QED) is 0.467. The number of fused-ring (bicyclic) bond motifs is 2. The Morgan fingerprint density at radius 1 is 1.21 bits per heavy atom. The van der Waals surface area contributed by atoms with E-state index in [1.165, 1.54) is 16.9 Å². The number of pyridine rings is 1. The van der Waals surface area contributed by atoms with Crippen molar-refractivity contribution in [3.63, 3.8) is 0 Å². The van der Waals surface area contributed by atoms with Crippen LogP contribution < -0.4 is 4.74 Å². The number of hydrogen-bond donors (Lipinski definition) is 0. The molecule has 0 bridgehead atoms. The number of benzene rings is 1. The Labute approximate surface area is 188 Å². The second-order valence-corrected chi connectivity index (χ2v) is 8.23. The lowest BCUT2D eigenvalue weighted by Gasteiger charge is -2.37. The van der Waals surface area contributed by atoms with Gasteiger partial charge < -0.3 is 9.64 Å². The summed E-state index contributed by atoms with van der Waals surface area (Å²) in [5, 5.41) is 5.01. The van der Waals surface area contributed by atoms with Gasteiger partial charge in [0, 0.05) is 30.5 Å². The Morgan fingerprint density at radius 3 is 2.82 bits per heavy atom. The van der Waals surface area contributed by atoms with Gasteiger partial charge in [-0.3, -0.25) is 4.79 Å². The number of aromatic nitrogens is 5. The molecule has 170 valence electrons. The summed E-state index contributed by atoms with van der Waals surface area (Å²) in [5.41, 5.74) is 1.18. The van der Waals surface area contributed by atoms with Gasteiger partial charge in [0.05, 0.1) is 18.3 Å². The molecule has 4 heterocycles. The zero-order chi connectivity index (χ0) is 23.1. The van der Waals surface area contributed by atoms with E-state index in [1.807, 2.05) is 24.3 Å². The van der Waals surface area contributed by atoms with Crippen LogP contribution in [0.15, 0.2) is 42.7 Å². The number of piperidine rings is 1. The van der Waals surface area contributed by atoms with E-state index < -0.39 is 6.43 Å². The van der Waals surface area contributed by atoms with E-state index in [1.54, 1.807) is 18.1 Å². The highest BCUT2D eigenvalue weighted by atomic mass is 19.3. The molecule has 1 aliphatic heterocycles. The van der Waals surface area contributed by atoms with Gasteiger partial charge in [0.15, 0.2) is 0 Å². The Bertz CT molecular complexity index is 1340. The predicted molar refractivity (Wildman–Crippen MR) is 116 cm³/mol. The first-order valence-corrected chi connectivity index (χ1v) is 10.7. The first-order chi connectivity index (χ1) is 16.0. The second-order valence-electron chi connectivity index (χ2n) is 8.23. The van der Waals surface area contributed by atoms with Crippen molar-refractivity contribution in [2.75, 3.05) is 20.2 Å². The van der Waals surface area contributed by atoms with Crippen LogP contribution in [0.2, 0.25) is 0 Å². The molecular formula is C23H22F2N6O2. The largest absolute Gasteiger partial charge is 0.496 e. The highest BCUT2D eigenvalue weighted by Crippen LogP contribution is 2.34. The molecular weight excluding hydrogens is 430 g/mol. The minimum absolute atomic E-state index is 0.124. The Hall–Kier alpha value is -3.69. The van der Waals surface area contributed by atoms with Gasteiger partial charge in [-0.15, -0.1) is 0 Å². The smallest absolute Gasteiger partial charge is 0.280 e. The number of alkyl halides is 2. The van der Waals surface area contributed by atoms with E-state index in [0.29, 0.717) is 36.5 Å². The molecule has 1 amide bonds. The fourth-order valence-electron chi connectivity index (χ4n) is 4.45. The van der Waals surface area contributed by atoms with Gasteiger partial charge in [-0.1, -0.05) is 19.1 Å². The minimum Gasteiger partial charge on any atom is -0.496 e. The lowest BCUT2D eigenvalue weighted by Crippen LogP contribution is -2.43. The average Bonchev–Trinajstić information content (AvgIpc) is 3.31. The topological polar surface area (TPSA) is 85.5 Å². The highest BCUT2D eigenvalue weighted by Gasteiger charge is 2.33. The van der Waals surface area contributed by atoms with Crippen molar-refractivity contribution < 1.29 is 18.3 Å². The predicted octanol–water partition coefficient (Wildman–Crippen LogP) is 3.88. The molecule has 33 heavy (non-hydrogen) atoms. The summed E-state index contributed by atoms with van der Waals surface area (Å²) in [6.45, 7) is 2.94. The molecule has 0 spiro atoms. The van der Waals surface area contributed by atoms with Crippen molar-refractivity contribution >= 4 is 22.6 Å². The number of ether oxygens (including phenoxy) is 1. The van der Waals surface area contributed by atoms with Crippen molar-refractivity contribution in [2.24, 2.45) is 5.92 Å². The zero-order valence-electron chi connectivity index (χ0n) is 18.2. The molecule has 1 saturated heterocycles. The molecule has 5 rings (SSSR count). The van der Waals surface area contributed by atoms with Gasteiger partial charge in [-0.2, -0.15) is 10.1 Å². The van der Waals surface area contributed by atoms with Gasteiger partial charge in [0.25, 0.3) is 18.1 Å². The number of methoxy groups -OCH3 is 1. The molecule has 0 unspecified atom stereocenters. The third kappa shape index (κ3) is 3.75. The molecule has 2 atom stereocenters. The number of carbonyl (C=O) groups excluding carboxylic acids is 1. The summed E-state index contributed by atoms with van der Waals surface area (Å²) < 4.78 is 33.9. The Morgan fingerprint density at radius 2 is 2.03 bits per heavy atom. The summed E-state index contributed by atoms with van der Waals surface area (Å²) in [7, 11) is 1.56. The van der Waals surface area contributed by atoms with Crippen LogP contribution in [-0.2, 0) is 0 Å². The number of rotatable bonds is 4. The van der Waals surface area contributed by atoms with E-state index in [-0.39, 0.29) is 34.9 Å². The lowest BCUT2D eigenvalue weighted by molar-refractivity contribution is 0.0659. The van der Waals surface area contributed by atoms with Crippen LogP contribution in [0.3, 0.4) is 0 Å². The van der Waals surface area contributed by atoms with Crippen molar-refractivity contribution in [3.05, 3.63) is 59.8 Å². The van der Waals surface area contributed by atoms with Crippen LogP contribution in [0.4, 0.5) is 8.78 Å². The zero-order valence-corrected chi connectivity index (χ0v) is 18.2. The number of carbonyl (C=O) groups is 1. The van der Waals surface area contributed by atoms with Crippen molar-refractivity contribution in [3.8, 4) is 5.75 Å². The number of likely N-dealkylation sites (tertiary alicyclic amines) is 1. The summed E-state index contributed by atoms with van der Waals surface area (Å²) in [4.78, 5) is 27.6. The first kappa shape index (κ1) is 21.2. The molecule has 0 N–H and O–H groups in total. The van der Waals surface area contributed by atoms with Gasteiger partial charge in [0.1, 0.15) is 23.5 Å².